The molecule has 0 unspecified atom stereocenters. The minimum Gasteiger partial charge on any atom is -0.674 e. The summed E-state index contributed by atoms with van der Waals surface area (Å²) in [5.74, 6) is 0.475. The lowest BCUT2D eigenvalue weighted by Crippen LogP contribution is -2.12. The number of carboxylic acid groups (broad SMARTS) is 1. The number of nitrogens with one attached hydrogen (secondary N) is 1. The van der Waals surface area contributed by atoms with Crippen LogP contribution in [0.15, 0.2) is 84.9 Å². The van der Waals surface area contributed by atoms with Gasteiger partial charge in [0.2, 0.25) is 0 Å². The predicted octanol–water partition coefficient (Wildman–Crippen LogP) is 7.84. The number of alkyl halides is 3. The number of para-hydroxylation sites is 2. The van der Waals surface area contributed by atoms with E-state index in [0.717, 1.165) is 23.1 Å². The second-order valence-electron chi connectivity index (χ2n) is 7.68. The molecule has 0 saturated carbocycles. The highest BCUT2D eigenvalue weighted by Gasteiger charge is 2.34. The van der Waals surface area contributed by atoms with Crippen LogP contribution in [0.4, 0.5) is 13.2 Å². The van der Waals surface area contributed by atoms with Gasteiger partial charge in [-0.15, -0.1) is 6.54 Å². The number of aryl methyl sites for hydroxylation is 1. The van der Waals surface area contributed by atoms with Gasteiger partial charge in [0.25, 0.3) is 0 Å². The zero-order chi connectivity index (χ0) is 25.6. The Balaban J connectivity index is 0.000000203. The first-order valence-corrected chi connectivity index (χ1v) is 10.7. The first kappa shape index (κ1) is 25.6. The van der Waals surface area contributed by atoms with Crippen LogP contribution in [-0.2, 0) is 12.7 Å². The Bertz CT molecular complexity index is 1280. The molecule has 5 nitrogen and oxygen atoms in total. The normalized spacial score (nSPS) is 10.9. The largest absolute Gasteiger partial charge is 0.674 e. The van der Waals surface area contributed by atoms with Crippen molar-refractivity contribution in [1.29, 1.82) is 0 Å². The maximum absolute atomic E-state index is 13.0. The van der Waals surface area contributed by atoms with Crippen molar-refractivity contribution in [2.45, 2.75) is 26.6 Å². The van der Waals surface area contributed by atoms with Gasteiger partial charge in [0.1, 0.15) is 11.5 Å². The summed E-state index contributed by atoms with van der Waals surface area (Å²) in [5.41, 5.74) is 8.04. The molecule has 182 valence electrons. The van der Waals surface area contributed by atoms with Gasteiger partial charge in [0.05, 0.1) is 16.8 Å². The first-order chi connectivity index (χ1) is 16.6. The zero-order valence-corrected chi connectivity index (χ0v) is 19.1. The van der Waals surface area contributed by atoms with Crippen molar-refractivity contribution in [3.63, 3.8) is 0 Å². The Labute approximate surface area is 201 Å². The topological polar surface area (TPSA) is 75.3 Å². The van der Waals surface area contributed by atoms with E-state index < -0.39 is 17.7 Å². The van der Waals surface area contributed by atoms with E-state index in [-0.39, 0.29) is 16.9 Å². The summed E-state index contributed by atoms with van der Waals surface area (Å²) in [6, 6.07) is 23.7. The Morgan fingerprint density at radius 1 is 0.914 bits per heavy atom. The minimum atomic E-state index is -4.50. The Hall–Kier alpha value is -4.04. The summed E-state index contributed by atoms with van der Waals surface area (Å²) in [5, 5.41) is 9.04. The van der Waals surface area contributed by atoms with Crippen molar-refractivity contribution < 1.29 is 27.8 Å². The van der Waals surface area contributed by atoms with Crippen molar-refractivity contribution >= 4 is 5.97 Å². The molecule has 0 aliphatic carbocycles. The zero-order valence-electron chi connectivity index (χ0n) is 19.1. The van der Waals surface area contributed by atoms with Gasteiger partial charge in [-0.1, -0.05) is 48.0 Å². The Morgan fingerprint density at radius 2 is 1.49 bits per heavy atom. The van der Waals surface area contributed by atoms with E-state index in [0.29, 0.717) is 12.2 Å². The summed E-state index contributed by atoms with van der Waals surface area (Å²) < 4.78 is 46.0. The molecule has 0 spiro atoms. The molecule has 0 fully saturated rings. The van der Waals surface area contributed by atoms with Crippen molar-refractivity contribution in [3.05, 3.63) is 119 Å². The third kappa shape index (κ3) is 6.30. The maximum atomic E-state index is 13.0. The fraction of sp³-hybridized carbons (Fsp3) is 0.148. The van der Waals surface area contributed by atoms with Crippen LogP contribution in [-0.4, -0.2) is 15.6 Å². The summed E-state index contributed by atoms with van der Waals surface area (Å²) in [6.45, 7) is 3.38. The average molecular weight is 481 g/mol. The van der Waals surface area contributed by atoms with Crippen LogP contribution in [0.5, 0.6) is 11.5 Å². The van der Waals surface area contributed by atoms with Crippen LogP contribution < -0.4 is 4.74 Å². The van der Waals surface area contributed by atoms with E-state index in [2.05, 4.69) is 0 Å². The van der Waals surface area contributed by atoms with Gasteiger partial charge in [-0.2, -0.15) is 13.2 Å². The molecule has 35 heavy (non-hydrogen) atoms. The highest BCUT2D eigenvalue weighted by atomic mass is 19.4. The molecule has 2 N–H and O–H groups in total. The van der Waals surface area contributed by atoms with Crippen molar-refractivity contribution in [3.8, 4) is 17.2 Å². The summed E-state index contributed by atoms with van der Waals surface area (Å²) in [6.07, 6.45) is -4.50. The van der Waals surface area contributed by atoms with Crippen LogP contribution in [0.3, 0.4) is 0 Å². The van der Waals surface area contributed by atoms with Crippen LogP contribution in [0.25, 0.3) is 11.4 Å². The molecule has 8 heteroatoms. The van der Waals surface area contributed by atoms with Crippen molar-refractivity contribution in [2.24, 2.45) is 0 Å². The Morgan fingerprint density at radius 3 is 2.03 bits per heavy atom. The number of benzene rings is 3. The molecular formula is C27H24F3N2O3-. The summed E-state index contributed by atoms with van der Waals surface area (Å²) >= 11 is 0. The van der Waals surface area contributed by atoms with E-state index in [9.17, 15) is 18.0 Å². The molecule has 4 aromatic rings. The second kappa shape index (κ2) is 10.9. The van der Waals surface area contributed by atoms with Crippen LogP contribution in [0.1, 0.15) is 32.9 Å². The van der Waals surface area contributed by atoms with Crippen LogP contribution in [0, 0.1) is 13.8 Å². The number of carbonyl (C=O) groups is 1. The number of rotatable bonds is 5. The predicted molar refractivity (Wildman–Crippen MR) is 128 cm³/mol. The standard InChI is InChI=1S/C14H12F3NO2.C13H12NO/c1-8-7-10(13(19)20)9(2)18(8)12-6-4-3-5-11(12)14(15,16)17;14-10-11-6-8-13(9-7-11)15-12-4-2-1-3-5-12/h3-7H,1-2H3,(H,19,20);1-9,14H,10H2/q;-1. The highest BCUT2D eigenvalue weighted by Crippen LogP contribution is 2.35. The molecule has 0 saturated heterocycles. The Kier molecular flexibility index (Phi) is 7.98. The lowest BCUT2D eigenvalue weighted by molar-refractivity contribution is -0.137. The average Bonchev–Trinajstić information content (AvgIpc) is 3.14. The summed E-state index contributed by atoms with van der Waals surface area (Å²) in [4.78, 5) is 11.1. The SMILES string of the molecule is Cc1cc(C(=O)O)c(C)n1-c1ccccc1C(F)(F)F.[NH-]Cc1ccc(Oc2ccccc2)cc1. The molecule has 0 radical (unpaired) electrons. The lowest BCUT2D eigenvalue weighted by atomic mass is 10.1. The van der Waals surface area contributed by atoms with Gasteiger partial charge in [-0.3, -0.25) is 0 Å². The van der Waals surface area contributed by atoms with E-state index in [1.807, 2.05) is 54.6 Å². The molecule has 1 heterocycles. The number of nitrogens with zero attached hydrogens (tertiary/aromatic N) is 1. The maximum Gasteiger partial charge on any atom is 0.418 e. The molecule has 0 atom stereocenters. The quantitative estimate of drug-likeness (QED) is 0.315. The van der Waals surface area contributed by atoms with Gasteiger partial charge >= 0.3 is 12.1 Å². The van der Waals surface area contributed by atoms with Crippen molar-refractivity contribution in [1.82, 2.24) is 4.57 Å². The number of carboxylic acids is 1. The van der Waals surface area contributed by atoms with Gasteiger partial charge in [-0.05, 0) is 56.3 Å². The number of ether oxygens (including phenoxy) is 1. The van der Waals surface area contributed by atoms with E-state index in [1.54, 1.807) is 6.92 Å². The van der Waals surface area contributed by atoms with Gasteiger partial charge < -0.3 is 20.1 Å². The monoisotopic (exact) mass is 481 g/mol. The minimum absolute atomic E-state index is 0.000484. The fourth-order valence-electron chi connectivity index (χ4n) is 3.56. The molecular weight excluding hydrogens is 457 g/mol. The van der Waals surface area contributed by atoms with E-state index in [4.69, 9.17) is 15.6 Å². The molecule has 3 aromatic carbocycles. The van der Waals surface area contributed by atoms with Gasteiger partial charge in [0, 0.05) is 11.4 Å². The number of hydrogen-bond acceptors (Lipinski definition) is 2. The fourth-order valence-corrected chi connectivity index (χ4v) is 3.56. The molecule has 4 rings (SSSR count). The molecule has 1 aromatic heterocycles. The number of halogens is 3. The van der Waals surface area contributed by atoms with Crippen LogP contribution in [0.2, 0.25) is 0 Å². The summed E-state index contributed by atoms with van der Waals surface area (Å²) in [7, 11) is 0. The number of hydrogen-bond donors (Lipinski definition) is 1. The van der Waals surface area contributed by atoms with E-state index >= 15 is 0 Å². The van der Waals surface area contributed by atoms with Gasteiger partial charge in [0.15, 0.2) is 0 Å². The third-order valence-electron chi connectivity index (χ3n) is 5.22. The molecule has 0 bridgehead atoms. The first-order valence-electron chi connectivity index (χ1n) is 10.7. The van der Waals surface area contributed by atoms with E-state index in [1.165, 1.54) is 35.8 Å². The third-order valence-corrected chi connectivity index (χ3v) is 5.22. The van der Waals surface area contributed by atoms with Crippen LogP contribution >= 0.6 is 0 Å². The van der Waals surface area contributed by atoms with Gasteiger partial charge in [-0.25, -0.2) is 4.79 Å². The van der Waals surface area contributed by atoms with Crippen molar-refractivity contribution in [2.75, 3.05) is 0 Å². The number of aromatic nitrogens is 1. The molecule has 0 amide bonds. The number of aromatic carboxylic acids is 1. The molecule has 0 aliphatic heterocycles. The molecule has 0 aliphatic rings. The lowest BCUT2D eigenvalue weighted by Gasteiger charge is -2.16. The highest BCUT2D eigenvalue weighted by molar-refractivity contribution is 5.89. The smallest absolute Gasteiger partial charge is 0.418 e. The second-order valence-corrected chi connectivity index (χ2v) is 7.68.